The van der Waals surface area contributed by atoms with Crippen LogP contribution in [0.5, 0.6) is 0 Å². The molecule has 0 fully saturated rings. The third-order valence-corrected chi connectivity index (χ3v) is 2.29. The van der Waals surface area contributed by atoms with Crippen LogP contribution in [0.4, 0.5) is 4.79 Å². The molecule has 0 bridgehead atoms. The first-order chi connectivity index (χ1) is 5.43. The quantitative estimate of drug-likeness (QED) is 0.485. The zero-order chi connectivity index (χ0) is 9.72. The molecule has 0 rings (SSSR count). The van der Waals surface area contributed by atoms with E-state index in [-0.39, 0.29) is 11.4 Å². The second kappa shape index (κ2) is 5.37. The highest BCUT2D eigenvalue weighted by Crippen LogP contribution is 2.11. The van der Waals surface area contributed by atoms with Crippen LogP contribution in [0.25, 0.3) is 0 Å². The number of nitrogens with zero attached hydrogens (tertiary/aromatic N) is 1. The van der Waals surface area contributed by atoms with Crippen molar-refractivity contribution in [2.45, 2.75) is 20.0 Å². The molecule has 0 N–H and O–H groups in total. The summed E-state index contributed by atoms with van der Waals surface area (Å²) in [4.78, 5) is 12.7. The second-order valence-electron chi connectivity index (χ2n) is 2.68. The average Bonchev–Trinajstić information content (AvgIpc) is 1.84. The zero-order valence-corrected chi connectivity index (χ0v) is 9.29. The molecule has 0 aromatic rings. The molecule has 0 aliphatic rings. The van der Waals surface area contributed by atoms with E-state index in [0.717, 1.165) is 11.8 Å². The summed E-state index contributed by atoms with van der Waals surface area (Å²) < 4.78 is 5.40. The molecule has 0 spiro atoms. The maximum Gasteiger partial charge on any atom is 0.374 e. The van der Waals surface area contributed by atoms with Crippen molar-refractivity contribution in [2.24, 2.45) is 0 Å². The molecule has 0 saturated heterocycles. The molecule has 0 aliphatic heterocycles. The van der Waals surface area contributed by atoms with E-state index in [1.807, 2.05) is 0 Å². The van der Waals surface area contributed by atoms with Crippen molar-refractivity contribution in [3.05, 3.63) is 0 Å². The van der Waals surface area contributed by atoms with Crippen molar-refractivity contribution in [1.29, 1.82) is 0 Å². The highest BCUT2D eigenvalue weighted by molar-refractivity contribution is 8.32. The number of thiocarbonyl (C=S) groups is 1. The maximum atomic E-state index is 11.0. The summed E-state index contributed by atoms with van der Waals surface area (Å²) >= 11 is 5.83. The maximum absolute atomic E-state index is 11.0. The minimum Gasteiger partial charge on any atom is -0.455 e. The number of thioether (sulfide) groups is 1. The van der Waals surface area contributed by atoms with Crippen LogP contribution < -0.4 is 0 Å². The molecular weight excluding hydrogens is 194 g/mol. The van der Waals surface area contributed by atoms with Gasteiger partial charge in [0.1, 0.15) is 4.32 Å². The van der Waals surface area contributed by atoms with Gasteiger partial charge < -0.3 is 9.64 Å². The van der Waals surface area contributed by atoms with Gasteiger partial charge in [-0.3, -0.25) is 0 Å². The predicted octanol–water partition coefficient (Wildman–Crippen LogP) is 2.11. The molecule has 0 saturated carbocycles. The molecule has 5 heteroatoms. The molecule has 0 aromatic carbocycles. The first-order valence-corrected chi connectivity index (χ1v) is 4.75. The van der Waals surface area contributed by atoms with Crippen molar-refractivity contribution in [3.8, 4) is 0 Å². The number of rotatable bonds is 1. The van der Waals surface area contributed by atoms with Crippen molar-refractivity contribution in [1.82, 2.24) is 4.90 Å². The monoisotopic (exact) mass is 207 g/mol. The average molecular weight is 207 g/mol. The fourth-order valence-electron chi connectivity index (χ4n) is 0.379. The van der Waals surface area contributed by atoms with Gasteiger partial charge in [-0.15, -0.1) is 0 Å². The van der Waals surface area contributed by atoms with Crippen LogP contribution in [0, 0.1) is 0 Å². The molecule has 0 atom stereocenters. The number of hydrogen-bond acceptors (Lipinski definition) is 4. The lowest BCUT2D eigenvalue weighted by atomic mass is 10.5. The van der Waals surface area contributed by atoms with Crippen molar-refractivity contribution in [2.75, 3.05) is 14.1 Å². The molecule has 0 unspecified atom stereocenters. The Kier molecular flexibility index (Phi) is 5.24. The predicted molar refractivity (Wildman–Crippen MR) is 55.5 cm³/mol. The zero-order valence-electron chi connectivity index (χ0n) is 7.66. The van der Waals surface area contributed by atoms with Crippen LogP contribution in [0.3, 0.4) is 0 Å². The van der Waals surface area contributed by atoms with Crippen LogP contribution in [-0.4, -0.2) is 34.7 Å². The lowest BCUT2D eigenvalue weighted by Gasteiger charge is -2.12. The smallest absolute Gasteiger partial charge is 0.374 e. The minimum absolute atomic E-state index is 0.0880. The van der Waals surface area contributed by atoms with E-state index < -0.39 is 0 Å². The van der Waals surface area contributed by atoms with Crippen molar-refractivity contribution in [3.63, 3.8) is 0 Å². The highest BCUT2D eigenvalue weighted by Gasteiger charge is 2.10. The summed E-state index contributed by atoms with van der Waals surface area (Å²) in [6.45, 7) is 3.61. The van der Waals surface area contributed by atoms with Crippen LogP contribution >= 0.6 is 24.0 Å². The van der Waals surface area contributed by atoms with Gasteiger partial charge in [0.15, 0.2) is 0 Å². The van der Waals surface area contributed by atoms with Gasteiger partial charge in [-0.2, -0.15) is 0 Å². The Bertz CT molecular complexity index is 180. The minimum atomic E-state index is -0.344. The summed E-state index contributed by atoms with van der Waals surface area (Å²) in [5, 5.41) is -0.344. The van der Waals surface area contributed by atoms with Crippen LogP contribution in [0.1, 0.15) is 13.8 Å². The fraction of sp³-hybridized carbons (Fsp3) is 0.714. The van der Waals surface area contributed by atoms with Crippen LogP contribution in [0.15, 0.2) is 0 Å². The topological polar surface area (TPSA) is 29.5 Å². The van der Waals surface area contributed by atoms with Crippen molar-refractivity contribution < 1.29 is 9.53 Å². The number of carbonyl (C=O) groups excluding carboxylic acids is 1. The van der Waals surface area contributed by atoms with E-state index in [2.05, 4.69) is 0 Å². The summed E-state index contributed by atoms with van der Waals surface area (Å²) in [7, 11) is 3.58. The largest absolute Gasteiger partial charge is 0.455 e. The molecule has 0 heterocycles. The fourth-order valence-corrected chi connectivity index (χ4v) is 1.15. The molecule has 3 nitrogen and oxygen atoms in total. The molecule has 0 radical (unpaired) electrons. The number of ether oxygens (including phenoxy) is 1. The van der Waals surface area contributed by atoms with Crippen LogP contribution in [-0.2, 0) is 4.74 Å². The lowest BCUT2D eigenvalue weighted by molar-refractivity contribution is 0.143. The van der Waals surface area contributed by atoms with Gasteiger partial charge in [-0.1, -0.05) is 12.2 Å². The molecule has 12 heavy (non-hydrogen) atoms. The molecular formula is C7H13NO2S2. The Hall–Kier alpha value is -0.290. The Morgan fingerprint density at radius 2 is 2.00 bits per heavy atom. The van der Waals surface area contributed by atoms with Gasteiger partial charge in [0.2, 0.25) is 0 Å². The third-order valence-electron chi connectivity index (χ3n) is 0.868. The Morgan fingerprint density at radius 1 is 1.50 bits per heavy atom. The second-order valence-corrected chi connectivity index (χ2v) is 4.25. The summed E-state index contributed by atoms with van der Waals surface area (Å²) in [5.74, 6) is 0. The summed E-state index contributed by atoms with van der Waals surface area (Å²) in [6, 6.07) is 0. The van der Waals surface area contributed by atoms with Gasteiger partial charge in [-0.25, -0.2) is 4.79 Å². The lowest BCUT2D eigenvalue weighted by Crippen LogP contribution is -2.19. The van der Waals surface area contributed by atoms with Crippen LogP contribution in [0.2, 0.25) is 0 Å². The SMILES string of the molecule is CC(C)OC(=O)SC(=S)N(C)C. The summed E-state index contributed by atoms with van der Waals surface area (Å²) in [6.07, 6.45) is -0.0880. The summed E-state index contributed by atoms with van der Waals surface area (Å²) in [5.41, 5.74) is 0. The van der Waals surface area contributed by atoms with E-state index in [4.69, 9.17) is 17.0 Å². The van der Waals surface area contributed by atoms with E-state index >= 15 is 0 Å². The van der Waals surface area contributed by atoms with E-state index in [9.17, 15) is 4.79 Å². The normalized spacial score (nSPS) is 9.75. The Labute approximate surface area is 82.4 Å². The Morgan fingerprint density at radius 3 is 2.33 bits per heavy atom. The van der Waals surface area contributed by atoms with E-state index in [1.165, 1.54) is 0 Å². The number of hydrogen-bond donors (Lipinski definition) is 0. The first kappa shape index (κ1) is 11.7. The standard InChI is InChI=1S/C7H13NO2S2/c1-5(2)10-7(9)12-6(11)8(3)4/h5H,1-4H3. The third kappa shape index (κ3) is 5.37. The van der Waals surface area contributed by atoms with Gasteiger partial charge in [-0.05, 0) is 13.8 Å². The van der Waals surface area contributed by atoms with Gasteiger partial charge in [0, 0.05) is 25.9 Å². The van der Waals surface area contributed by atoms with Gasteiger partial charge >= 0.3 is 5.30 Å². The van der Waals surface area contributed by atoms with E-state index in [0.29, 0.717) is 4.32 Å². The highest BCUT2D eigenvalue weighted by atomic mass is 32.2. The van der Waals surface area contributed by atoms with E-state index in [1.54, 1.807) is 32.8 Å². The van der Waals surface area contributed by atoms with Gasteiger partial charge in [0.25, 0.3) is 0 Å². The molecule has 0 aliphatic carbocycles. The Balaban J connectivity index is 3.77. The molecule has 70 valence electrons. The van der Waals surface area contributed by atoms with Gasteiger partial charge in [0.05, 0.1) is 6.10 Å². The number of carbonyl (C=O) groups is 1. The van der Waals surface area contributed by atoms with Crippen molar-refractivity contribution >= 4 is 33.6 Å². The molecule has 0 aromatic heterocycles. The molecule has 0 amide bonds. The first-order valence-electron chi connectivity index (χ1n) is 3.53.